The van der Waals surface area contributed by atoms with Gasteiger partial charge in [-0.1, -0.05) is 37.3 Å². The van der Waals surface area contributed by atoms with E-state index in [0.29, 0.717) is 0 Å². The van der Waals surface area contributed by atoms with Gasteiger partial charge >= 0.3 is 21.7 Å². The van der Waals surface area contributed by atoms with Crippen molar-refractivity contribution in [1.29, 1.82) is 0 Å². The van der Waals surface area contributed by atoms with Crippen LogP contribution in [0.3, 0.4) is 0 Å². The Hall–Kier alpha value is 0.426. The Kier molecular flexibility index (Phi) is 15.2. The highest BCUT2D eigenvalue weighted by molar-refractivity contribution is 8.93. The summed E-state index contributed by atoms with van der Waals surface area (Å²) in [5.41, 5.74) is 0.965. The molecule has 69 valence electrons. The molecule has 1 nitrogen and oxygen atoms in total. The minimum atomic E-state index is 0. The van der Waals surface area contributed by atoms with Gasteiger partial charge in [0.05, 0.1) is 6.61 Å². The van der Waals surface area contributed by atoms with Gasteiger partial charge in [-0.3, -0.25) is 0 Å². The normalized spacial score (nSPS) is 7.92. The number of rotatable bonds is 2. The van der Waals surface area contributed by atoms with E-state index in [4.69, 9.17) is 5.11 Å². The summed E-state index contributed by atoms with van der Waals surface area (Å²) in [6, 6.07) is 9.52. The molecule has 0 aliphatic rings. The second-order valence-electron chi connectivity index (χ2n) is 2.50. The van der Waals surface area contributed by atoms with Crippen LogP contribution in [-0.4, -0.2) is 26.8 Å². The third kappa shape index (κ3) is 10.3. The second-order valence-corrected chi connectivity index (χ2v) is 3.20. The van der Waals surface area contributed by atoms with Crippen LogP contribution in [0.4, 0.5) is 0 Å². The Bertz CT molecular complexity index is 178. The quantitative estimate of drug-likeness (QED) is 0.807. The average Bonchev–Trinajstić information content (AvgIpc) is 2.19. The fraction of sp³-hybridized carbons (Fsp3) is 0.400. The predicted octanol–water partition coefficient (Wildman–Crippen LogP) is 2.74. The van der Waals surface area contributed by atoms with E-state index < -0.39 is 0 Å². The molecular formula is C10H16BrMgO+2. The van der Waals surface area contributed by atoms with Crippen molar-refractivity contribution in [1.82, 2.24) is 0 Å². The van der Waals surface area contributed by atoms with Crippen LogP contribution >= 0.6 is 17.0 Å². The first-order valence-electron chi connectivity index (χ1n) is 4.29. The van der Waals surface area contributed by atoms with Crippen LogP contribution < -0.4 is 0 Å². The predicted molar refractivity (Wildman–Crippen MR) is 63.5 cm³/mol. The van der Waals surface area contributed by atoms with Crippen LogP contribution in [0.2, 0.25) is 4.55 Å². The van der Waals surface area contributed by atoms with Crippen molar-refractivity contribution < 1.29 is 5.11 Å². The number of aliphatic hydroxyl groups excluding tert-OH is 1. The summed E-state index contributed by atoms with van der Waals surface area (Å²) in [6.45, 7) is 2.33. The molecule has 1 aromatic carbocycles. The Balaban J connectivity index is 0. The molecule has 3 heteroatoms. The van der Waals surface area contributed by atoms with Gasteiger partial charge in [-0.2, -0.15) is 0 Å². The van der Waals surface area contributed by atoms with Gasteiger partial charge in [0.2, 0.25) is 0 Å². The molecule has 1 aromatic rings. The van der Waals surface area contributed by atoms with E-state index in [1.54, 1.807) is 0 Å². The van der Waals surface area contributed by atoms with E-state index in [0.717, 1.165) is 5.56 Å². The summed E-state index contributed by atoms with van der Waals surface area (Å²) in [7, 11) is 0. The smallest absolute Gasteiger partial charge is 0.392 e. The molecule has 0 saturated heterocycles. The zero-order valence-corrected chi connectivity index (χ0v) is 11.2. The molecular weight excluding hydrogens is 240 g/mol. The van der Waals surface area contributed by atoms with Gasteiger partial charge < -0.3 is 5.11 Å². The number of hydrogen-bond donors (Lipinski definition) is 1. The van der Waals surface area contributed by atoms with Crippen LogP contribution in [0, 0.1) is 0 Å². The van der Waals surface area contributed by atoms with Gasteiger partial charge in [0.15, 0.2) is 0 Å². The number of hydrogen-bond acceptors (Lipinski definition) is 1. The lowest BCUT2D eigenvalue weighted by atomic mass is 10.2. The zero-order chi connectivity index (χ0) is 9.23. The van der Waals surface area contributed by atoms with Crippen LogP contribution in [0.25, 0.3) is 0 Å². The van der Waals surface area contributed by atoms with Crippen molar-refractivity contribution in [3.8, 4) is 0 Å². The van der Waals surface area contributed by atoms with Crippen molar-refractivity contribution in [2.24, 2.45) is 0 Å². The van der Waals surface area contributed by atoms with Gasteiger partial charge in [-0.15, -0.1) is 17.0 Å². The van der Waals surface area contributed by atoms with Gasteiger partial charge in [0, 0.05) is 6.42 Å². The standard InChI is InChI=1S/C7H8O.C3H7.BrH.Mg/c8-6-7-4-2-1-3-5-7;1-3-2;;/h1-5,8H,6H2;1,3H2,2H3;1H;/q;;;+2. The van der Waals surface area contributed by atoms with Crippen LogP contribution in [0.15, 0.2) is 30.3 Å². The molecule has 0 aliphatic carbocycles. The lowest BCUT2D eigenvalue weighted by molar-refractivity contribution is 0.282. The molecule has 0 aromatic heterocycles. The molecule has 0 atom stereocenters. The maximum atomic E-state index is 8.54. The second kappa shape index (κ2) is 12.4. The third-order valence-corrected chi connectivity index (χ3v) is 2.09. The monoisotopic (exact) mass is 255 g/mol. The van der Waals surface area contributed by atoms with Crippen LogP contribution in [-0.2, 0) is 6.61 Å². The Morgan fingerprint density at radius 1 is 1.23 bits per heavy atom. The molecule has 1 N–H and O–H groups in total. The highest BCUT2D eigenvalue weighted by atomic mass is 79.9. The van der Waals surface area contributed by atoms with E-state index >= 15 is 0 Å². The fourth-order valence-electron chi connectivity index (χ4n) is 0.583. The molecule has 0 heterocycles. The topological polar surface area (TPSA) is 20.2 Å². The third-order valence-electron chi connectivity index (χ3n) is 1.38. The maximum Gasteiger partial charge on any atom is 1.41 e. The van der Waals surface area contributed by atoms with Crippen molar-refractivity contribution in [3.05, 3.63) is 35.9 Å². The molecule has 0 aliphatic heterocycles. The van der Waals surface area contributed by atoms with Crippen molar-refractivity contribution >= 4 is 38.7 Å². The molecule has 0 amide bonds. The summed E-state index contributed by atoms with van der Waals surface area (Å²) in [6.07, 6.45) is 1.33. The summed E-state index contributed by atoms with van der Waals surface area (Å²) in [5, 5.41) is 8.54. The van der Waals surface area contributed by atoms with Gasteiger partial charge in [-0.05, 0) is 5.56 Å². The molecule has 7 radical (unpaired) electrons. The maximum absolute atomic E-state index is 8.54. The molecule has 13 heavy (non-hydrogen) atoms. The molecule has 1 rings (SSSR count). The minimum Gasteiger partial charge on any atom is -0.392 e. The van der Waals surface area contributed by atoms with E-state index in [1.165, 1.54) is 11.0 Å². The van der Waals surface area contributed by atoms with Crippen LogP contribution in [0.5, 0.6) is 0 Å². The van der Waals surface area contributed by atoms with Gasteiger partial charge in [0.1, 0.15) is 0 Å². The highest BCUT2D eigenvalue weighted by Crippen LogP contribution is 1.95. The van der Waals surface area contributed by atoms with E-state index in [-0.39, 0.29) is 23.6 Å². The zero-order valence-electron chi connectivity index (χ0n) is 8.07. The van der Waals surface area contributed by atoms with Crippen molar-refractivity contribution in [3.63, 3.8) is 0 Å². The lowest BCUT2D eigenvalue weighted by Crippen LogP contribution is -1.77. The summed E-state index contributed by atoms with van der Waals surface area (Å²) < 4.78 is 1.35. The minimum absolute atomic E-state index is 0. The van der Waals surface area contributed by atoms with Crippen LogP contribution in [0.1, 0.15) is 18.9 Å². The molecule has 0 spiro atoms. The first-order valence-corrected chi connectivity index (χ1v) is 5.29. The van der Waals surface area contributed by atoms with Gasteiger partial charge in [-0.25, -0.2) is 0 Å². The van der Waals surface area contributed by atoms with Crippen molar-refractivity contribution in [2.45, 2.75) is 24.5 Å². The highest BCUT2D eigenvalue weighted by Gasteiger charge is 2.17. The van der Waals surface area contributed by atoms with Crippen molar-refractivity contribution in [2.75, 3.05) is 0 Å². The van der Waals surface area contributed by atoms with Gasteiger partial charge in [0.25, 0.3) is 4.55 Å². The first-order chi connectivity index (χ1) is 5.85. The Morgan fingerprint density at radius 2 is 1.69 bits per heavy atom. The number of halogens is 1. The first kappa shape index (κ1) is 15.9. The van der Waals surface area contributed by atoms with E-state index in [2.05, 4.69) is 6.92 Å². The summed E-state index contributed by atoms with van der Waals surface area (Å²) in [4.78, 5) is 0. The Morgan fingerprint density at radius 3 is 1.92 bits per heavy atom. The Labute approximate surface area is 104 Å². The van der Waals surface area contributed by atoms with E-state index in [9.17, 15) is 0 Å². The largest absolute Gasteiger partial charge is 1.41 e. The molecule has 0 saturated carbocycles. The number of aliphatic hydroxyl groups is 1. The SMILES string of the molecule is Br.CC[CH2][Mg+2].OCc1ccccc1. The summed E-state index contributed by atoms with van der Waals surface area (Å²) >= 11 is 2.02. The molecule has 0 bridgehead atoms. The molecule has 0 fully saturated rings. The number of benzene rings is 1. The summed E-state index contributed by atoms with van der Waals surface area (Å²) in [5.74, 6) is 0. The fourth-order valence-corrected chi connectivity index (χ4v) is 0.583. The van der Waals surface area contributed by atoms with E-state index in [1.807, 2.05) is 52.0 Å². The average molecular weight is 256 g/mol. The lowest BCUT2D eigenvalue weighted by Gasteiger charge is -1.89. The molecule has 0 unspecified atom stereocenters.